The van der Waals surface area contributed by atoms with Gasteiger partial charge in [0.15, 0.2) is 11.5 Å². The molecule has 92 valence electrons. The summed E-state index contributed by atoms with van der Waals surface area (Å²) < 4.78 is 5.45. The molecule has 0 spiro atoms. The second kappa shape index (κ2) is 3.99. The van der Waals surface area contributed by atoms with Crippen molar-refractivity contribution in [2.75, 3.05) is 0 Å². The van der Waals surface area contributed by atoms with Gasteiger partial charge >= 0.3 is 0 Å². The Labute approximate surface area is 104 Å². The SMILES string of the molecule is Cc1nc2cc(-c3cc(CO)c(C)[nH]3)ccc2o1. The van der Waals surface area contributed by atoms with Crippen LogP contribution in [0, 0.1) is 13.8 Å². The van der Waals surface area contributed by atoms with E-state index in [0.29, 0.717) is 5.89 Å². The number of hydrogen-bond acceptors (Lipinski definition) is 3. The number of benzene rings is 1. The van der Waals surface area contributed by atoms with E-state index in [1.54, 1.807) is 0 Å². The van der Waals surface area contributed by atoms with Crippen LogP contribution in [0.25, 0.3) is 22.4 Å². The van der Waals surface area contributed by atoms with Gasteiger partial charge in [0.05, 0.1) is 6.61 Å². The summed E-state index contributed by atoms with van der Waals surface area (Å²) in [7, 11) is 0. The Bertz CT molecular complexity index is 710. The fraction of sp³-hybridized carbons (Fsp3) is 0.214. The number of aryl methyl sites for hydroxylation is 2. The minimum atomic E-state index is 0.0493. The molecule has 2 heterocycles. The number of aliphatic hydroxyl groups is 1. The summed E-state index contributed by atoms with van der Waals surface area (Å²) >= 11 is 0. The monoisotopic (exact) mass is 242 g/mol. The molecule has 18 heavy (non-hydrogen) atoms. The van der Waals surface area contributed by atoms with Gasteiger partial charge in [0, 0.05) is 23.9 Å². The molecule has 0 radical (unpaired) electrons. The van der Waals surface area contributed by atoms with Crippen molar-refractivity contribution in [3.05, 3.63) is 41.4 Å². The van der Waals surface area contributed by atoms with Crippen molar-refractivity contribution in [1.82, 2.24) is 9.97 Å². The van der Waals surface area contributed by atoms with E-state index >= 15 is 0 Å². The summed E-state index contributed by atoms with van der Waals surface area (Å²) in [6, 6.07) is 7.85. The van der Waals surface area contributed by atoms with Gasteiger partial charge in [0.1, 0.15) is 5.52 Å². The second-order valence-corrected chi connectivity index (χ2v) is 4.41. The molecule has 4 nitrogen and oxygen atoms in total. The Morgan fingerprint density at radius 1 is 1.28 bits per heavy atom. The summed E-state index contributed by atoms with van der Waals surface area (Å²) in [5.41, 5.74) is 5.58. The zero-order valence-electron chi connectivity index (χ0n) is 10.3. The first kappa shape index (κ1) is 11.0. The maximum atomic E-state index is 9.21. The molecule has 2 N–H and O–H groups in total. The van der Waals surface area contributed by atoms with Crippen molar-refractivity contribution in [1.29, 1.82) is 0 Å². The first-order chi connectivity index (χ1) is 8.67. The molecule has 0 fully saturated rings. The highest BCUT2D eigenvalue weighted by Crippen LogP contribution is 2.25. The molecule has 0 unspecified atom stereocenters. The number of hydrogen-bond donors (Lipinski definition) is 2. The Morgan fingerprint density at radius 3 is 2.83 bits per heavy atom. The van der Waals surface area contributed by atoms with Crippen LogP contribution in [-0.2, 0) is 6.61 Å². The molecule has 0 bridgehead atoms. The summed E-state index contributed by atoms with van der Waals surface area (Å²) in [5.74, 6) is 0.667. The van der Waals surface area contributed by atoms with Crippen LogP contribution in [0.1, 0.15) is 17.1 Å². The number of nitrogens with one attached hydrogen (secondary N) is 1. The van der Waals surface area contributed by atoms with Crippen LogP contribution in [0.2, 0.25) is 0 Å². The molecule has 0 saturated heterocycles. The maximum Gasteiger partial charge on any atom is 0.192 e. The van der Waals surface area contributed by atoms with Crippen molar-refractivity contribution < 1.29 is 9.52 Å². The lowest BCUT2D eigenvalue weighted by molar-refractivity contribution is 0.281. The fourth-order valence-electron chi connectivity index (χ4n) is 2.13. The molecule has 3 aromatic rings. The predicted molar refractivity (Wildman–Crippen MR) is 69.2 cm³/mol. The summed E-state index contributed by atoms with van der Waals surface area (Å²) in [6.45, 7) is 3.84. The minimum absolute atomic E-state index is 0.0493. The van der Waals surface area contributed by atoms with Gasteiger partial charge in [0.2, 0.25) is 0 Å². The topological polar surface area (TPSA) is 62.1 Å². The predicted octanol–water partition coefficient (Wildman–Crippen LogP) is 2.93. The van der Waals surface area contributed by atoms with Crippen molar-refractivity contribution in [3.8, 4) is 11.3 Å². The molecule has 0 atom stereocenters. The van der Waals surface area contributed by atoms with E-state index < -0.39 is 0 Å². The van der Waals surface area contributed by atoms with Gasteiger partial charge in [-0.2, -0.15) is 0 Å². The van der Waals surface area contributed by atoms with Crippen molar-refractivity contribution >= 4 is 11.1 Å². The van der Waals surface area contributed by atoms with Gasteiger partial charge in [-0.3, -0.25) is 0 Å². The van der Waals surface area contributed by atoms with Gasteiger partial charge in [-0.1, -0.05) is 0 Å². The Balaban J connectivity index is 2.12. The Morgan fingerprint density at radius 2 is 2.11 bits per heavy atom. The molecule has 1 aromatic carbocycles. The van der Waals surface area contributed by atoms with Crippen LogP contribution in [0.15, 0.2) is 28.7 Å². The van der Waals surface area contributed by atoms with E-state index in [1.807, 2.05) is 38.1 Å². The lowest BCUT2D eigenvalue weighted by Crippen LogP contribution is -1.81. The molecule has 0 amide bonds. The van der Waals surface area contributed by atoms with Crippen molar-refractivity contribution in [2.24, 2.45) is 0 Å². The van der Waals surface area contributed by atoms with Gasteiger partial charge in [0.25, 0.3) is 0 Å². The minimum Gasteiger partial charge on any atom is -0.441 e. The van der Waals surface area contributed by atoms with Crippen LogP contribution < -0.4 is 0 Å². The average molecular weight is 242 g/mol. The zero-order chi connectivity index (χ0) is 12.7. The number of nitrogens with zero attached hydrogens (tertiary/aromatic N) is 1. The number of aromatic nitrogens is 2. The van der Waals surface area contributed by atoms with Crippen LogP contribution in [0.5, 0.6) is 0 Å². The molecule has 2 aromatic heterocycles. The van der Waals surface area contributed by atoms with Crippen LogP contribution in [-0.4, -0.2) is 15.1 Å². The lowest BCUT2D eigenvalue weighted by atomic mass is 10.1. The quantitative estimate of drug-likeness (QED) is 0.726. The molecule has 0 aliphatic rings. The largest absolute Gasteiger partial charge is 0.441 e. The third-order valence-electron chi connectivity index (χ3n) is 3.10. The van der Waals surface area contributed by atoms with E-state index in [1.165, 1.54) is 0 Å². The number of H-pyrrole nitrogens is 1. The summed E-state index contributed by atoms with van der Waals surface area (Å²) in [5, 5.41) is 9.21. The van der Waals surface area contributed by atoms with E-state index in [0.717, 1.165) is 33.6 Å². The number of oxazole rings is 1. The van der Waals surface area contributed by atoms with Crippen LogP contribution in [0.4, 0.5) is 0 Å². The molecule has 0 aliphatic carbocycles. The zero-order valence-corrected chi connectivity index (χ0v) is 10.3. The number of aromatic amines is 1. The first-order valence-corrected chi connectivity index (χ1v) is 5.84. The molecule has 4 heteroatoms. The highest BCUT2D eigenvalue weighted by molar-refractivity contribution is 5.79. The molecular formula is C14H14N2O2. The smallest absolute Gasteiger partial charge is 0.192 e. The van der Waals surface area contributed by atoms with E-state index in [2.05, 4.69) is 9.97 Å². The molecule has 3 rings (SSSR count). The van der Waals surface area contributed by atoms with E-state index in [4.69, 9.17) is 4.42 Å². The average Bonchev–Trinajstić information content (AvgIpc) is 2.89. The van der Waals surface area contributed by atoms with Crippen LogP contribution in [0.3, 0.4) is 0 Å². The lowest BCUT2D eigenvalue weighted by Gasteiger charge is -1.96. The van der Waals surface area contributed by atoms with Gasteiger partial charge < -0.3 is 14.5 Å². The first-order valence-electron chi connectivity index (χ1n) is 5.84. The second-order valence-electron chi connectivity index (χ2n) is 4.41. The third kappa shape index (κ3) is 1.71. The van der Waals surface area contributed by atoms with Gasteiger partial charge in [-0.05, 0) is 36.8 Å². The maximum absolute atomic E-state index is 9.21. The van der Waals surface area contributed by atoms with Crippen molar-refractivity contribution in [3.63, 3.8) is 0 Å². The number of aliphatic hydroxyl groups excluding tert-OH is 1. The van der Waals surface area contributed by atoms with Gasteiger partial charge in [-0.25, -0.2) is 4.98 Å². The number of fused-ring (bicyclic) bond motifs is 1. The molecular weight excluding hydrogens is 228 g/mol. The normalized spacial score (nSPS) is 11.3. The molecule has 0 aliphatic heterocycles. The van der Waals surface area contributed by atoms with Crippen molar-refractivity contribution in [2.45, 2.75) is 20.5 Å². The standard InChI is InChI=1S/C14H14N2O2/c1-8-11(7-17)6-12(15-8)10-3-4-14-13(5-10)16-9(2)18-14/h3-6,15,17H,7H2,1-2H3. The third-order valence-corrected chi connectivity index (χ3v) is 3.10. The Hall–Kier alpha value is -2.07. The van der Waals surface area contributed by atoms with Gasteiger partial charge in [-0.15, -0.1) is 0 Å². The van der Waals surface area contributed by atoms with E-state index in [9.17, 15) is 5.11 Å². The fourth-order valence-corrected chi connectivity index (χ4v) is 2.13. The van der Waals surface area contributed by atoms with E-state index in [-0.39, 0.29) is 6.61 Å². The van der Waals surface area contributed by atoms with Crippen LogP contribution >= 0.6 is 0 Å². The summed E-state index contributed by atoms with van der Waals surface area (Å²) in [4.78, 5) is 7.58. The summed E-state index contributed by atoms with van der Waals surface area (Å²) in [6.07, 6.45) is 0. The highest BCUT2D eigenvalue weighted by Gasteiger charge is 2.08. The highest BCUT2D eigenvalue weighted by atomic mass is 16.3. The Kier molecular flexibility index (Phi) is 2.45. The molecule has 0 saturated carbocycles. The number of rotatable bonds is 2.